The molecule has 1 saturated heterocycles. The summed E-state index contributed by atoms with van der Waals surface area (Å²) in [6.45, 7) is 4.53. The van der Waals surface area contributed by atoms with Crippen molar-refractivity contribution < 1.29 is 9.21 Å². The highest BCUT2D eigenvalue weighted by atomic mass is 16.3. The van der Waals surface area contributed by atoms with Crippen LogP contribution in [0.15, 0.2) is 88.1 Å². The Bertz CT molecular complexity index is 1320. The van der Waals surface area contributed by atoms with Crippen molar-refractivity contribution in [3.05, 3.63) is 100 Å². The maximum absolute atomic E-state index is 13.4. The average molecular weight is 425 g/mol. The van der Waals surface area contributed by atoms with Crippen LogP contribution in [-0.2, 0) is 0 Å². The molecule has 0 bridgehead atoms. The molecule has 1 aromatic heterocycles. The zero-order chi connectivity index (χ0) is 22.1. The Balaban J connectivity index is 1.48. The number of para-hydroxylation sites is 2. The van der Waals surface area contributed by atoms with Crippen LogP contribution < -0.4 is 10.3 Å². The van der Waals surface area contributed by atoms with Crippen LogP contribution in [-0.4, -0.2) is 37.0 Å². The van der Waals surface area contributed by atoms with Crippen molar-refractivity contribution in [2.24, 2.45) is 0 Å². The minimum Gasteiger partial charge on any atom is -0.455 e. The first-order chi connectivity index (χ1) is 15.6. The van der Waals surface area contributed by atoms with Gasteiger partial charge in [0.25, 0.3) is 5.91 Å². The number of nitrogens with zero attached hydrogens (tertiary/aromatic N) is 2. The van der Waals surface area contributed by atoms with Gasteiger partial charge in [0.1, 0.15) is 5.76 Å². The van der Waals surface area contributed by atoms with Gasteiger partial charge < -0.3 is 14.2 Å². The molecule has 0 spiro atoms. The topological polar surface area (TPSA) is 53.8 Å². The van der Waals surface area contributed by atoms with Crippen molar-refractivity contribution in [1.82, 2.24) is 4.90 Å². The standard InChI is InChI=1S/C27H24N2O3/c1-19-24(30)22-13-8-14-23(26(22)32-25(19)20-9-4-2-5-10-20)27(31)29-17-15-28(16-18-29)21-11-6-3-7-12-21/h2-14H,15-18H2,1H3. The van der Waals surface area contributed by atoms with Crippen LogP contribution in [0.4, 0.5) is 5.69 Å². The van der Waals surface area contributed by atoms with Crippen LogP contribution >= 0.6 is 0 Å². The number of fused-ring (bicyclic) bond motifs is 1. The smallest absolute Gasteiger partial charge is 0.257 e. The molecular formula is C27H24N2O3. The SMILES string of the molecule is Cc1c(-c2ccccc2)oc2c(C(=O)N3CCN(c4ccccc4)CC3)cccc2c1=O. The van der Waals surface area contributed by atoms with Crippen molar-refractivity contribution in [3.8, 4) is 11.3 Å². The fourth-order valence-corrected chi connectivity index (χ4v) is 4.32. The first-order valence-electron chi connectivity index (χ1n) is 10.8. The predicted octanol–water partition coefficient (Wildman–Crippen LogP) is 4.73. The number of piperazine rings is 1. The lowest BCUT2D eigenvalue weighted by Gasteiger charge is -2.36. The van der Waals surface area contributed by atoms with Gasteiger partial charge in [-0.15, -0.1) is 0 Å². The Morgan fingerprint density at radius 1 is 0.812 bits per heavy atom. The lowest BCUT2D eigenvalue weighted by molar-refractivity contribution is 0.0747. The molecule has 0 atom stereocenters. The quantitative estimate of drug-likeness (QED) is 0.477. The highest BCUT2D eigenvalue weighted by Crippen LogP contribution is 2.28. The molecule has 4 aromatic rings. The summed E-state index contributed by atoms with van der Waals surface area (Å²) in [4.78, 5) is 30.7. The molecule has 160 valence electrons. The van der Waals surface area contributed by atoms with Crippen LogP contribution in [0.5, 0.6) is 0 Å². The molecule has 0 aliphatic carbocycles. The van der Waals surface area contributed by atoms with Gasteiger partial charge in [-0.2, -0.15) is 0 Å². The van der Waals surface area contributed by atoms with Gasteiger partial charge in [0.2, 0.25) is 0 Å². The molecular weight excluding hydrogens is 400 g/mol. The van der Waals surface area contributed by atoms with Crippen molar-refractivity contribution in [3.63, 3.8) is 0 Å². The summed E-state index contributed by atoms with van der Waals surface area (Å²) >= 11 is 0. The molecule has 0 radical (unpaired) electrons. The summed E-state index contributed by atoms with van der Waals surface area (Å²) in [5.41, 5.74) is 3.22. The maximum atomic E-state index is 13.4. The third kappa shape index (κ3) is 3.56. The minimum absolute atomic E-state index is 0.102. The second-order valence-corrected chi connectivity index (χ2v) is 8.05. The van der Waals surface area contributed by atoms with Crippen LogP contribution in [0.3, 0.4) is 0 Å². The van der Waals surface area contributed by atoms with E-state index >= 15 is 0 Å². The molecule has 1 amide bonds. The number of amides is 1. The maximum Gasteiger partial charge on any atom is 0.257 e. The Hall–Kier alpha value is -3.86. The van der Waals surface area contributed by atoms with E-state index < -0.39 is 0 Å². The van der Waals surface area contributed by atoms with Gasteiger partial charge in [0, 0.05) is 43.0 Å². The highest BCUT2D eigenvalue weighted by molar-refractivity contribution is 6.05. The number of benzene rings is 3. The molecule has 1 aliphatic rings. The molecule has 5 heteroatoms. The van der Waals surface area contributed by atoms with Gasteiger partial charge in [-0.25, -0.2) is 0 Å². The normalized spacial score (nSPS) is 14.0. The fraction of sp³-hybridized carbons (Fsp3) is 0.185. The molecule has 2 heterocycles. The lowest BCUT2D eigenvalue weighted by Crippen LogP contribution is -2.48. The van der Waals surface area contributed by atoms with E-state index in [0.29, 0.717) is 40.9 Å². The number of hydrogen-bond donors (Lipinski definition) is 0. The van der Waals surface area contributed by atoms with Gasteiger partial charge >= 0.3 is 0 Å². The summed E-state index contributed by atoms with van der Waals surface area (Å²) in [6, 6.07) is 25.0. The van der Waals surface area contributed by atoms with Crippen LogP contribution in [0.2, 0.25) is 0 Å². The van der Waals surface area contributed by atoms with Crippen molar-refractivity contribution in [1.29, 1.82) is 0 Å². The van der Waals surface area contributed by atoms with E-state index in [9.17, 15) is 9.59 Å². The first-order valence-corrected chi connectivity index (χ1v) is 10.8. The van der Waals surface area contributed by atoms with Crippen molar-refractivity contribution in [2.75, 3.05) is 31.1 Å². The van der Waals surface area contributed by atoms with E-state index in [1.54, 1.807) is 25.1 Å². The summed E-state index contributed by atoms with van der Waals surface area (Å²) in [7, 11) is 0. The summed E-state index contributed by atoms with van der Waals surface area (Å²) < 4.78 is 6.24. The second kappa shape index (κ2) is 8.35. The molecule has 5 rings (SSSR count). The molecule has 3 aromatic carbocycles. The molecule has 5 nitrogen and oxygen atoms in total. The molecule has 0 saturated carbocycles. The monoisotopic (exact) mass is 424 g/mol. The Kier molecular flexibility index (Phi) is 5.23. The zero-order valence-corrected chi connectivity index (χ0v) is 18.0. The molecule has 0 N–H and O–H groups in total. The third-order valence-electron chi connectivity index (χ3n) is 6.10. The van der Waals surface area contributed by atoms with Gasteiger partial charge in [-0.05, 0) is 31.2 Å². The van der Waals surface area contributed by atoms with Crippen LogP contribution in [0, 0.1) is 6.92 Å². The van der Waals surface area contributed by atoms with E-state index in [0.717, 1.165) is 18.7 Å². The van der Waals surface area contributed by atoms with Crippen LogP contribution in [0.1, 0.15) is 15.9 Å². The average Bonchev–Trinajstić information content (AvgIpc) is 2.86. The lowest BCUT2D eigenvalue weighted by atomic mass is 10.0. The molecule has 1 fully saturated rings. The summed E-state index contributed by atoms with van der Waals surface area (Å²) in [6.07, 6.45) is 0. The van der Waals surface area contributed by atoms with Gasteiger partial charge in [0.05, 0.1) is 10.9 Å². The molecule has 1 aliphatic heterocycles. The number of carbonyl (C=O) groups is 1. The predicted molar refractivity (Wildman–Crippen MR) is 127 cm³/mol. The Morgan fingerprint density at radius 2 is 1.47 bits per heavy atom. The zero-order valence-electron chi connectivity index (χ0n) is 18.0. The summed E-state index contributed by atoms with van der Waals surface area (Å²) in [5.74, 6) is 0.409. The Morgan fingerprint density at radius 3 is 2.16 bits per heavy atom. The largest absolute Gasteiger partial charge is 0.455 e. The highest BCUT2D eigenvalue weighted by Gasteiger charge is 2.25. The van der Waals surface area contributed by atoms with E-state index in [2.05, 4.69) is 17.0 Å². The summed E-state index contributed by atoms with van der Waals surface area (Å²) in [5, 5.41) is 0.441. The molecule has 32 heavy (non-hydrogen) atoms. The van der Waals surface area contributed by atoms with Crippen LogP contribution in [0.25, 0.3) is 22.3 Å². The number of rotatable bonds is 3. The van der Waals surface area contributed by atoms with E-state index in [1.807, 2.05) is 53.4 Å². The third-order valence-corrected chi connectivity index (χ3v) is 6.10. The minimum atomic E-state index is -0.103. The Labute approximate surface area is 186 Å². The van der Waals surface area contributed by atoms with E-state index in [-0.39, 0.29) is 11.3 Å². The van der Waals surface area contributed by atoms with Gasteiger partial charge in [-0.1, -0.05) is 54.6 Å². The van der Waals surface area contributed by atoms with Gasteiger partial charge in [-0.3, -0.25) is 9.59 Å². The van der Waals surface area contributed by atoms with E-state index in [4.69, 9.17) is 4.42 Å². The van der Waals surface area contributed by atoms with Crippen molar-refractivity contribution in [2.45, 2.75) is 6.92 Å². The second-order valence-electron chi connectivity index (χ2n) is 8.05. The number of hydrogen-bond acceptors (Lipinski definition) is 4. The van der Waals surface area contributed by atoms with Gasteiger partial charge in [0.15, 0.2) is 11.0 Å². The first kappa shape index (κ1) is 20.1. The van der Waals surface area contributed by atoms with E-state index in [1.165, 1.54) is 5.69 Å². The fourth-order valence-electron chi connectivity index (χ4n) is 4.32. The number of anilines is 1. The number of carbonyl (C=O) groups excluding carboxylic acids is 1. The molecule has 0 unspecified atom stereocenters. The van der Waals surface area contributed by atoms with Crippen molar-refractivity contribution >= 4 is 22.6 Å².